The van der Waals surface area contributed by atoms with E-state index < -0.39 is 25.2 Å². The number of carboxylic acids is 1. The van der Waals surface area contributed by atoms with Crippen LogP contribution in [0, 0.1) is 0 Å². The van der Waals surface area contributed by atoms with Crippen LogP contribution in [0.2, 0.25) is 0 Å². The monoisotopic (exact) mass is 248 g/mol. The largest absolute Gasteiger partial charge is 0.478 e. The lowest BCUT2D eigenvalue weighted by Gasteiger charge is -2.07. The van der Waals surface area contributed by atoms with Gasteiger partial charge in [0.2, 0.25) is 0 Å². The summed E-state index contributed by atoms with van der Waals surface area (Å²) in [6.45, 7) is -0.361. The summed E-state index contributed by atoms with van der Waals surface area (Å²) >= 11 is 0. The molecular formula is C11H11F3O3. The van der Waals surface area contributed by atoms with Gasteiger partial charge in [0.25, 0.3) is 0 Å². The molecule has 0 heterocycles. The van der Waals surface area contributed by atoms with Gasteiger partial charge in [-0.25, -0.2) is 4.79 Å². The zero-order valence-corrected chi connectivity index (χ0v) is 8.83. The number of aromatic carboxylic acids is 1. The maximum Gasteiger partial charge on any atom is 0.391 e. The van der Waals surface area contributed by atoms with Crippen molar-refractivity contribution in [3.8, 4) is 0 Å². The Morgan fingerprint density at radius 1 is 1.24 bits per heavy atom. The molecule has 0 saturated carbocycles. The van der Waals surface area contributed by atoms with Crippen LogP contribution < -0.4 is 0 Å². The van der Waals surface area contributed by atoms with Gasteiger partial charge in [-0.2, -0.15) is 13.2 Å². The Balaban J connectivity index is 2.35. The molecule has 0 saturated heterocycles. The summed E-state index contributed by atoms with van der Waals surface area (Å²) in [5.41, 5.74) is 0.765. The number of benzene rings is 1. The first kappa shape index (κ1) is 13.5. The molecule has 1 aromatic rings. The highest BCUT2D eigenvalue weighted by atomic mass is 19.4. The second-order valence-electron chi connectivity index (χ2n) is 3.42. The first-order valence-corrected chi connectivity index (χ1v) is 4.85. The molecule has 0 atom stereocenters. The van der Waals surface area contributed by atoms with Crippen molar-refractivity contribution in [2.24, 2.45) is 0 Å². The van der Waals surface area contributed by atoms with Crippen LogP contribution in [-0.2, 0) is 11.3 Å². The summed E-state index contributed by atoms with van der Waals surface area (Å²) in [6, 6.07) is 5.78. The summed E-state index contributed by atoms with van der Waals surface area (Å²) < 4.78 is 40.2. The average molecular weight is 248 g/mol. The zero-order valence-electron chi connectivity index (χ0n) is 8.83. The lowest BCUT2D eigenvalue weighted by Crippen LogP contribution is -2.11. The van der Waals surface area contributed by atoms with Gasteiger partial charge in [-0.05, 0) is 17.7 Å². The lowest BCUT2D eigenvalue weighted by molar-refractivity contribution is -0.146. The van der Waals surface area contributed by atoms with Gasteiger partial charge < -0.3 is 9.84 Å². The number of carboxylic acid groups (broad SMARTS) is 1. The smallest absolute Gasteiger partial charge is 0.391 e. The van der Waals surface area contributed by atoms with Crippen LogP contribution in [0.5, 0.6) is 0 Å². The van der Waals surface area contributed by atoms with E-state index >= 15 is 0 Å². The molecule has 1 rings (SSSR count). The number of rotatable bonds is 5. The highest BCUT2D eigenvalue weighted by Gasteiger charge is 2.26. The molecule has 94 valence electrons. The van der Waals surface area contributed by atoms with E-state index in [1.807, 2.05) is 0 Å². The van der Waals surface area contributed by atoms with E-state index in [1.54, 1.807) is 0 Å². The Hall–Kier alpha value is -1.56. The van der Waals surface area contributed by atoms with Crippen molar-refractivity contribution in [1.82, 2.24) is 0 Å². The lowest BCUT2D eigenvalue weighted by atomic mass is 10.1. The summed E-state index contributed by atoms with van der Waals surface area (Å²) in [4.78, 5) is 10.5. The highest BCUT2D eigenvalue weighted by molar-refractivity contribution is 5.87. The number of ether oxygens (including phenoxy) is 1. The predicted octanol–water partition coefficient (Wildman–Crippen LogP) is 2.85. The molecule has 0 spiro atoms. The molecule has 0 amide bonds. The van der Waals surface area contributed by atoms with Gasteiger partial charge in [-0.3, -0.25) is 0 Å². The third kappa shape index (κ3) is 5.35. The molecule has 17 heavy (non-hydrogen) atoms. The van der Waals surface area contributed by atoms with E-state index in [0.29, 0.717) is 5.56 Å². The van der Waals surface area contributed by atoms with E-state index in [2.05, 4.69) is 0 Å². The van der Waals surface area contributed by atoms with Crippen molar-refractivity contribution in [2.75, 3.05) is 6.61 Å². The van der Waals surface area contributed by atoms with Crippen molar-refractivity contribution in [1.29, 1.82) is 0 Å². The fraction of sp³-hybridized carbons (Fsp3) is 0.364. The fourth-order valence-corrected chi connectivity index (χ4v) is 1.12. The quantitative estimate of drug-likeness (QED) is 0.815. The molecule has 1 aromatic carbocycles. The van der Waals surface area contributed by atoms with Gasteiger partial charge in [0, 0.05) is 0 Å². The van der Waals surface area contributed by atoms with Crippen LogP contribution in [0.15, 0.2) is 24.3 Å². The van der Waals surface area contributed by atoms with E-state index in [-0.39, 0.29) is 12.2 Å². The van der Waals surface area contributed by atoms with Gasteiger partial charge >= 0.3 is 12.1 Å². The normalized spacial score (nSPS) is 11.5. The first-order valence-electron chi connectivity index (χ1n) is 4.85. The van der Waals surface area contributed by atoms with Gasteiger partial charge in [0.1, 0.15) is 0 Å². The van der Waals surface area contributed by atoms with Gasteiger partial charge in [0.05, 0.1) is 25.2 Å². The zero-order chi connectivity index (χ0) is 12.9. The molecule has 0 aliphatic rings. The second kappa shape index (κ2) is 5.67. The number of hydrogen-bond donors (Lipinski definition) is 1. The van der Waals surface area contributed by atoms with Gasteiger partial charge in [0.15, 0.2) is 0 Å². The van der Waals surface area contributed by atoms with Crippen molar-refractivity contribution in [3.05, 3.63) is 35.4 Å². The Kier molecular flexibility index (Phi) is 4.51. The third-order valence-electron chi connectivity index (χ3n) is 2.00. The Morgan fingerprint density at radius 3 is 2.29 bits per heavy atom. The molecule has 0 radical (unpaired) electrons. The molecule has 0 aromatic heterocycles. The van der Waals surface area contributed by atoms with Crippen LogP contribution in [0.3, 0.4) is 0 Å². The fourth-order valence-electron chi connectivity index (χ4n) is 1.12. The van der Waals surface area contributed by atoms with Crippen molar-refractivity contribution in [2.45, 2.75) is 19.2 Å². The average Bonchev–Trinajstić information content (AvgIpc) is 2.24. The van der Waals surface area contributed by atoms with Gasteiger partial charge in [-0.1, -0.05) is 12.1 Å². The van der Waals surface area contributed by atoms with Crippen LogP contribution in [0.1, 0.15) is 22.3 Å². The molecule has 1 N–H and O–H groups in total. The number of carbonyl (C=O) groups is 1. The number of hydrogen-bond acceptors (Lipinski definition) is 2. The minimum Gasteiger partial charge on any atom is -0.478 e. The van der Waals surface area contributed by atoms with Crippen LogP contribution in [0.25, 0.3) is 0 Å². The van der Waals surface area contributed by atoms with Crippen molar-refractivity contribution >= 4 is 5.97 Å². The van der Waals surface area contributed by atoms with Crippen molar-refractivity contribution < 1.29 is 27.8 Å². The summed E-state index contributed by atoms with van der Waals surface area (Å²) in [5, 5.41) is 8.62. The molecule has 0 aliphatic heterocycles. The van der Waals surface area contributed by atoms with Crippen LogP contribution in [0.4, 0.5) is 13.2 Å². The minimum absolute atomic E-state index is 0.0377. The Morgan fingerprint density at radius 2 is 1.82 bits per heavy atom. The summed E-state index contributed by atoms with van der Waals surface area (Å²) in [5.74, 6) is -1.05. The highest BCUT2D eigenvalue weighted by Crippen LogP contribution is 2.19. The van der Waals surface area contributed by atoms with Crippen LogP contribution >= 0.6 is 0 Å². The molecule has 6 heteroatoms. The predicted molar refractivity (Wildman–Crippen MR) is 53.7 cm³/mol. The SMILES string of the molecule is O=C(O)c1ccc(COCCC(F)(F)F)cc1. The molecular weight excluding hydrogens is 237 g/mol. The Labute approximate surface area is 95.8 Å². The van der Waals surface area contributed by atoms with Crippen molar-refractivity contribution in [3.63, 3.8) is 0 Å². The second-order valence-corrected chi connectivity index (χ2v) is 3.42. The Bertz CT molecular complexity index is 371. The van der Waals surface area contributed by atoms with E-state index in [0.717, 1.165) is 0 Å². The maximum atomic E-state index is 11.8. The maximum absolute atomic E-state index is 11.8. The van der Waals surface area contributed by atoms with Crippen LogP contribution in [-0.4, -0.2) is 23.9 Å². The standard InChI is InChI=1S/C11H11F3O3/c12-11(13,14)5-6-17-7-8-1-3-9(4-2-8)10(15)16/h1-4H,5-7H2,(H,15,16). The molecule has 0 unspecified atom stereocenters. The minimum atomic E-state index is -4.22. The number of halogens is 3. The van der Waals surface area contributed by atoms with E-state index in [4.69, 9.17) is 9.84 Å². The first-order chi connectivity index (χ1) is 7.88. The number of alkyl halides is 3. The van der Waals surface area contributed by atoms with Gasteiger partial charge in [-0.15, -0.1) is 0 Å². The topological polar surface area (TPSA) is 46.5 Å². The molecule has 0 fully saturated rings. The molecule has 3 nitrogen and oxygen atoms in total. The summed E-state index contributed by atoms with van der Waals surface area (Å²) in [6.07, 6.45) is -5.20. The van der Waals surface area contributed by atoms with E-state index in [9.17, 15) is 18.0 Å². The molecule has 0 aliphatic carbocycles. The third-order valence-corrected chi connectivity index (χ3v) is 2.00. The molecule has 0 bridgehead atoms. The van der Waals surface area contributed by atoms with E-state index in [1.165, 1.54) is 24.3 Å². The summed E-state index contributed by atoms with van der Waals surface area (Å²) in [7, 11) is 0.